The van der Waals surface area contributed by atoms with Crippen LogP contribution in [0.3, 0.4) is 0 Å². The number of pyridine rings is 1. The van der Waals surface area contributed by atoms with Crippen molar-refractivity contribution < 1.29 is 4.79 Å². The highest BCUT2D eigenvalue weighted by Crippen LogP contribution is 2.13. The molecule has 1 unspecified atom stereocenters. The van der Waals surface area contributed by atoms with E-state index in [0.717, 1.165) is 51.1 Å². The van der Waals surface area contributed by atoms with Gasteiger partial charge in [-0.25, -0.2) is 0 Å². The Labute approximate surface area is 120 Å². The highest BCUT2D eigenvalue weighted by molar-refractivity contribution is 5.94. The van der Waals surface area contributed by atoms with Crippen LogP contribution in [-0.2, 0) is 0 Å². The number of hydrogen-bond donors (Lipinski definition) is 1. The first-order valence-corrected chi connectivity index (χ1v) is 7.39. The number of rotatable bonds is 5. The van der Waals surface area contributed by atoms with Crippen molar-refractivity contribution in [1.29, 1.82) is 0 Å². The van der Waals surface area contributed by atoms with E-state index in [4.69, 9.17) is 5.73 Å². The third kappa shape index (κ3) is 3.55. The first-order valence-electron chi connectivity index (χ1n) is 7.39. The van der Waals surface area contributed by atoms with Gasteiger partial charge in [0.05, 0.1) is 0 Å². The normalized spacial score (nSPS) is 18.0. The summed E-state index contributed by atoms with van der Waals surface area (Å²) < 4.78 is 0. The van der Waals surface area contributed by atoms with Crippen molar-refractivity contribution in [1.82, 2.24) is 14.8 Å². The molecular weight excluding hydrogens is 252 g/mol. The van der Waals surface area contributed by atoms with Crippen LogP contribution in [0.25, 0.3) is 0 Å². The molecule has 1 aromatic heterocycles. The summed E-state index contributed by atoms with van der Waals surface area (Å²) in [5, 5.41) is 0. The number of nitrogens with zero attached hydrogens (tertiary/aromatic N) is 3. The van der Waals surface area contributed by atoms with Crippen molar-refractivity contribution in [2.45, 2.75) is 25.8 Å². The van der Waals surface area contributed by atoms with Crippen LogP contribution in [0.4, 0.5) is 0 Å². The van der Waals surface area contributed by atoms with Gasteiger partial charge in [0.2, 0.25) is 0 Å². The van der Waals surface area contributed by atoms with E-state index in [-0.39, 0.29) is 5.91 Å². The van der Waals surface area contributed by atoms with Crippen LogP contribution in [0.15, 0.2) is 24.5 Å². The third-order valence-electron chi connectivity index (χ3n) is 4.02. The van der Waals surface area contributed by atoms with Gasteiger partial charge in [0.25, 0.3) is 5.91 Å². The fourth-order valence-electron chi connectivity index (χ4n) is 2.80. The quantitative estimate of drug-likeness (QED) is 0.870. The van der Waals surface area contributed by atoms with Gasteiger partial charge in [-0.2, -0.15) is 0 Å². The Morgan fingerprint density at radius 2 is 1.95 bits per heavy atom. The van der Waals surface area contributed by atoms with Gasteiger partial charge < -0.3 is 10.6 Å². The Hall–Kier alpha value is -1.46. The zero-order valence-corrected chi connectivity index (χ0v) is 12.2. The largest absolute Gasteiger partial charge is 0.336 e. The van der Waals surface area contributed by atoms with Gasteiger partial charge in [-0.15, -0.1) is 0 Å². The number of piperazine rings is 1. The van der Waals surface area contributed by atoms with Crippen molar-refractivity contribution in [2.24, 2.45) is 5.73 Å². The summed E-state index contributed by atoms with van der Waals surface area (Å²) in [5.74, 6) is 0.110. The highest BCUT2D eigenvalue weighted by Gasteiger charge is 2.25. The standard InChI is InChI=1S/C15H24N4O/c1-2-14(3-6-16)18-9-11-19(12-10-18)15(20)13-4-7-17-8-5-13/h4-5,7-8,14H,2-3,6,9-12,16H2,1H3. The lowest BCUT2D eigenvalue weighted by Crippen LogP contribution is -2.52. The van der Waals surface area contributed by atoms with Gasteiger partial charge in [0, 0.05) is 50.2 Å². The Kier molecular flexibility index (Phi) is 5.49. The zero-order valence-electron chi connectivity index (χ0n) is 12.2. The Morgan fingerprint density at radius 3 is 2.50 bits per heavy atom. The van der Waals surface area contributed by atoms with Crippen molar-refractivity contribution in [3.63, 3.8) is 0 Å². The van der Waals surface area contributed by atoms with Crippen LogP contribution in [0.2, 0.25) is 0 Å². The number of amides is 1. The molecule has 0 saturated carbocycles. The highest BCUT2D eigenvalue weighted by atomic mass is 16.2. The lowest BCUT2D eigenvalue weighted by molar-refractivity contribution is 0.0557. The summed E-state index contributed by atoms with van der Waals surface area (Å²) in [6.45, 7) is 6.40. The van der Waals surface area contributed by atoms with Crippen molar-refractivity contribution >= 4 is 5.91 Å². The van der Waals surface area contributed by atoms with Crippen LogP contribution >= 0.6 is 0 Å². The van der Waals surface area contributed by atoms with Crippen LogP contribution in [0.5, 0.6) is 0 Å². The molecule has 110 valence electrons. The summed E-state index contributed by atoms with van der Waals surface area (Å²) in [6.07, 6.45) is 5.49. The molecule has 2 heterocycles. The van der Waals surface area contributed by atoms with E-state index in [1.165, 1.54) is 0 Å². The molecule has 5 heteroatoms. The summed E-state index contributed by atoms with van der Waals surface area (Å²) in [5.41, 5.74) is 6.39. The van der Waals surface area contributed by atoms with E-state index in [9.17, 15) is 4.79 Å². The second kappa shape index (κ2) is 7.36. The minimum atomic E-state index is 0.110. The maximum Gasteiger partial charge on any atom is 0.254 e. The van der Waals surface area contributed by atoms with Gasteiger partial charge in [0.1, 0.15) is 0 Å². The molecule has 1 fully saturated rings. The molecule has 2 N–H and O–H groups in total. The first kappa shape index (κ1) is 14.9. The first-order chi connectivity index (χ1) is 9.76. The number of aromatic nitrogens is 1. The van der Waals surface area contributed by atoms with Crippen molar-refractivity contribution in [3.05, 3.63) is 30.1 Å². The summed E-state index contributed by atoms with van der Waals surface area (Å²) in [4.78, 5) is 20.7. The van der Waals surface area contributed by atoms with Crippen LogP contribution in [0.1, 0.15) is 30.1 Å². The molecule has 1 amide bonds. The predicted octanol–water partition coefficient (Wildman–Crippen LogP) is 0.967. The monoisotopic (exact) mass is 276 g/mol. The predicted molar refractivity (Wildman–Crippen MR) is 79.5 cm³/mol. The molecule has 0 bridgehead atoms. The summed E-state index contributed by atoms with van der Waals surface area (Å²) in [7, 11) is 0. The van der Waals surface area contributed by atoms with E-state index in [1.54, 1.807) is 24.5 Å². The third-order valence-corrected chi connectivity index (χ3v) is 4.02. The number of nitrogens with two attached hydrogens (primary N) is 1. The summed E-state index contributed by atoms with van der Waals surface area (Å²) >= 11 is 0. The van der Waals surface area contributed by atoms with E-state index >= 15 is 0 Å². The maximum atomic E-state index is 12.3. The Morgan fingerprint density at radius 1 is 1.30 bits per heavy atom. The Balaban J connectivity index is 1.89. The maximum absolute atomic E-state index is 12.3. The van der Waals surface area contributed by atoms with Crippen molar-refractivity contribution in [3.8, 4) is 0 Å². The van der Waals surface area contributed by atoms with Gasteiger partial charge in [-0.3, -0.25) is 14.7 Å². The fourth-order valence-corrected chi connectivity index (χ4v) is 2.80. The molecule has 0 aromatic carbocycles. The molecule has 1 aromatic rings. The lowest BCUT2D eigenvalue weighted by atomic mass is 10.1. The smallest absolute Gasteiger partial charge is 0.254 e. The van der Waals surface area contributed by atoms with E-state index < -0.39 is 0 Å². The molecule has 2 rings (SSSR count). The molecule has 5 nitrogen and oxygen atoms in total. The fraction of sp³-hybridized carbons (Fsp3) is 0.600. The molecule has 20 heavy (non-hydrogen) atoms. The second-order valence-electron chi connectivity index (χ2n) is 5.20. The lowest BCUT2D eigenvalue weighted by Gasteiger charge is -2.39. The van der Waals surface area contributed by atoms with Gasteiger partial charge in [-0.05, 0) is 31.5 Å². The van der Waals surface area contributed by atoms with Crippen LogP contribution in [-0.4, -0.2) is 59.5 Å². The topological polar surface area (TPSA) is 62.5 Å². The molecule has 1 aliphatic heterocycles. The Bertz CT molecular complexity index is 415. The molecule has 0 spiro atoms. The average molecular weight is 276 g/mol. The summed E-state index contributed by atoms with van der Waals surface area (Å²) in [6, 6.07) is 4.11. The molecule has 0 aliphatic carbocycles. The van der Waals surface area contributed by atoms with Crippen molar-refractivity contribution in [2.75, 3.05) is 32.7 Å². The minimum Gasteiger partial charge on any atom is -0.336 e. The van der Waals surface area contributed by atoms with Gasteiger partial charge in [-0.1, -0.05) is 6.92 Å². The number of carbonyl (C=O) groups excluding carboxylic acids is 1. The molecule has 1 saturated heterocycles. The molecule has 0 radical (unpaired) electrons. The average Bonchev–Trinajstić information content (AvgIpc) is 2.53. The minimum absolute atomic E-state index is 0.110. The van der Waals surface area contributed by atoms with E-state index in [2.05, 4.69) is 16.8 Å². The molecular formula is C15H24N4O. The van der Waals surface area contributed by atoms with Gasteiger partial charge in [0.15, 0.2) is 0 Å². The SMILES string of the molecule is CCC(CCN)N1CCN(C(=O)c2ccncc2)CC1. The number of carbonyl (C=O) groups is 1. The van der Waals surface area contributed by atoms with Gasteiger partial charge >= 0.3 is 0 Å². The second-order valence-corrected chi connectivity index (χ2v) is 5.20. The molecule has 1 atom stereocenters. The van der Waals surface area contributed by atoms with E-state index in [0.29, 0.717) is 6.04 Å². The van der Waals surface area contributed by atoms with Crippen LogP contribution < -0.4 is 5.73 Å². The van der Waals surface area contributed by atoms with E-state index in [1.807, 2.05) is 4.90 Å². The molecule has 1 aliphatic rings. The number of hydrogen-bond acceptors (Lipinski definition) is 4. The zero-order chi connectivity index (χ0) is 14.4. The van der Waals surface area contributed by atoms with Crippen LogP contribution in [0, 0.1) is 0 Å².